The quantitative estimate of drug-likeness (QED) is 0.482. The van der Waals surface area contributed by atoms with Crippen LogP contribution in [0.2, 0.25) is 5.02 Å². The number of nitrogens with zero attached hydrogens (tertiary/aromatic N) is 4. The third kappa shape index (κ3) is 3.68. The van der Waals surface area contributed by atoms with E-state index < -0.39 is 5.97 Å². The largest absolute Gasteiger partial charge is 0.496 e. The molecule has 0 atom stereocenters. The van der Waals surface area contributed by atoms with E-state index >= 15 is 0 Å². The lowest BCUT2D eigenvalue weighted by Gasteiger charge is -2.28. The second-order valence-electron chi connectivity index (χ2n) is 7.55. The van der Waals surface area contributed by atoms with E-state index in [2.05, 4.69) is 15.0 Å². The summed E-state index contributed by atoms with van der Waals surface area (Å²) in [6, 6.07) is 12.5. The number of para-hydroxylation sites is 1. The molecule has 2 aromatic heterocycles. The molecule has 0 aliphatic carbocycles. The van der Waals surface area contributed by atoms with Gasteiger partial charge >= 0.3 is 5.97 Å². The minimum Gasteiger partial charge on any atom is -0.496 e. The second kappa shape index (κ2) is 8.22. The summed E-state index contributed by atoms with van der Waals surface area (Å²) in [5.41, 5.74) is 3.22. The Balaban J connectivity index is 1.43. The van der Waals surface area contributed by atoms with Crippen LogP contribution < -0.4 is 4.74 Å². The highest BCUT2D eigenvalue weighted by molar-refractivity contribution is 6.30. The van der Waals surface area contributed by atoms with Crippen LogP contribution in [0.1, 0.15) is 27.5 Å². The number of hydrogen-bond donors (Lipinski definition) is 1. The predicted octanol–water partition coefficient (Wildman–Crippen LogP) is 4.20. The molecule has 0 spiro atoms. The van der Waals surface area contributed by atoms with Crippen LogP contribution in [0.5, 0.6) is 5.75 Å². The van der Waals surface area contributed by atoms with E-state index in [1.807, 2.05) is 18.2 Å². The Morgan fingerprint density at radius 3 is 2.91 bits per heavy atom. The summed E-state index contributed by atoms with van der Waals surface area (Å²) < 4.78 is 10.8. The van der Waals surface area contributed by atoms with Gasteiger partial charge in [-0.05, 0) is 24.3 Å². The van der Waals surface area contributed by atoms with Crippen molar-refractivity contribution in [1.82, 2.24) is 20.0 Å². The molecule has 32 heavy (non-hydrogen) atoms. The highest BCUT2D eigenvalue weighted by atomic mass is 35.5. The lowest BCUT2D eigenvalue weighted by atomic mass is 9.96. The van der Waals surface area contributed by atoms with Crippen LogP contribution in [0, 0.1) is 0 Å². The van der Waals surface area contributed by atoms with Crippen molar-refractivity contribution < 1.29 is 19.2 Å². The van der Waals surface area contributed by atoms with E-state index in [0.29, 0.717) is 70.6 Å². The number of carboxylic acid groups (broad SMARTS) is 1. The number of fused-ring (bicyclic) bond motifs is 2. The molecule has 3 heterocycles. The molecule has 0 radical (unpaired) electrons. The summed E-state index contributed by atoms with van der Waals surface area (Å²) in [5.74, 6) is 0.458. The van der Waals surface area contributed by atoms with Crippen molar-refractivity contribution in [3.63, 3.8) is 0 Å². The number of carboxylic acids is 1. The maximum Gasteiger partial charge on any atom is 0.336 e. The summed E-state index contributed by atoms with van der Waals surface area (Å²) in [6.07, 6.45) is 0.642. The van der Waals surface area contributed by atoms with Gasteiger partial charge in [0.2, 0.25) is 11.7 Å². The Labute approximate surface area is 188 Å². The van der Waals surface area contributed by atoms with Crippen LogP contribution in [0.4, 0.5) is 0 Å². The Morgan fingerprint density at radius 1 is 1.25 bits per heavy atom. The van der Waals surface area contributed by atoms with E-state index in [0.717, 1.165) is 11.3 Å². The number of halogens is 1. The first-order valence-electron chi connectivity index (χ1n) is 10.1. The maximum absolute atomic E-state index is 12.1. The molecule has 0 bridgehead atoms. The van der Waals surface area contributed by atoms with Crippen LogP contribution in [-0.2, 0) is 19.5 Å². The highest BCUT2D eigenvalue weighted by Gasteiger charge is 2.26. The van der Waals surface area contributed by atoms with Crippen molar-refractivity contribution in [3.8, 4) is 17.1 Å². The van der Waals surface area contributed by atoms with Crippen molar-refractivity contribution in [2.45, 2.75) is 19.5 Å². The van der Waals surface area contributed by atoms with Gasteiger partial charge in [0.15, 0.2) is 0 Å². The molecular formula is C23H19ClN4O4. The average molecular weight is 451 g/mol. The molecule has 2 aromatic carbocycles. The summed E-state index contributed by atoms with van der Waals surface area (Å²) in [4.78, 5) is 23.4. The fourth-order valence-corrected chi connectivity index (χ4v) is 4.27. The third-order valence-electron chi connectivity index (χ3n) is 5.57. The molecule has 162 valence electrons. The fraction of sp³-hybridized carbons (Fsp3) is 0.217. The summed E-state index contributed by atoms with van der Waals surface area (Å²) in [6.45, 7) is 1.53. The van der Waals surface area contributed by atoms with Gasteiger partial charge in [-0.2, -0.15) is 4.98 Å². The number of methoxy groups -OCH3 is 1. The molecular weight excluding hydrogens is 432 g/mol. The molecule has 9 heteroatoms. The molecule has 4 aromatic rings. The SMILES string of the molecule is COc1ccc(Cl)cc1-c1noc(CN2CCc3nc4ccccc4c(C(=O)O)c3C2)n1. The monoisotopic (exact) mass is 450 g/mol. The fourth-order valence-electron chi connectivity index (χ4n) is 4.10. The first-order valence-corrected chi connectivity index (χ1v) is 10.4. The predicted molar refractivity (Wildman–Crippen MR) is 118 cm³/mol. The summed E-state index contributed by atoms with van der Waals surface area (Å²) in [7, 11) is 1.57. The van der Waals surface area contributed by atoms with Gasteiger partial charge in [-0.1, -0.05) is 35.0 Å². The molecule has 0 saturated heterocycles. The summed E-state index contributed by atoms with van der Waals surface area (Å²) >= 11 is 6.11. The van der Waals surface area contributed by atoms with Gasteiger partial charge < -0.3 is 14.4 Å². The number of benzene rings is 2. The number of ether oxygens (including phenoxy) is 1. The minimum absolute atomic E-state index is 0.310. The molecule has 1 aliphatic rings. The zero-order chi connectivity index (χ0) is 22.2. The number of pyridine rings is 1. The number of hydrogen-bond acceptors (Lipinski definition) is 7. The molecule has 8 nitrogen and oxygen atoms in total. The van der Waals surface area contributed by atoms with E-state index in [-0.39, 0.29) is 0 Å². The van der Waals surface area contributed by atoms with Gasteiger partial charge in [-0.3, -0.25) is 9.88 Å². The average Bonchev–Trinajstić information content (AvgIpc) is 3.25. The number of carbonyl (C=O) groups is 1. The van der Waals surface area contributed by atoms with Gasteiger partial charge in [0.05, 0.1) is 30.3 Å². The van der Waals surface area contributed by atoms with E-state index in [1.54, 1.807) is 31.4 Å². The van der Waals surface area contributed by atoms with Gasteiger partial charge in [-0.25, -0.2) is 4.79 Å². The highest BCUT2D eigenvalue weighted by Crippen LogP contribution is 2.32. The molecule has 0 unspecified atom stereocenters. The molecule has 0 saturated carbocycles. The molecule has 0 amide bonds. The zero-order valence-corrected chi connectivity index (χ0v) is 18.0. The Bertz CT molecular complexity index is 1340. The summed E-state index contributed by atoms with van der Waals surface area (Å²) in [5, 5.41) is 15.2. The lowest BCUT2D eigenvalue weighted by Crippen LogP contribution is -2.32. The lowest BCUT2D eigenvalue weighted by molar-refractivity contribution is 0.0695. The normalized spacial score (nSPS) is 13.8. The van der Waals surface area contributed by atoms with Crippen molar-refractivity contribution >= 4 is 28.5 Å². The maximum atomic E-state index is 12.1. The van der Waals surface area contributed by atoms with Gasteiger partial charge in [-0.15, -0.1) is 0 Å². The zero-order valence-electron chi connectivity index (χ0n) is 17.2. The van der Waals surface area contributed by atoms with Crippen LogP contribution in [0.15, 0.2) is 47.0 Å². The molecule has 1 aliphatic heterocycles. The van der Waals surface area contributed by atoms with Crippen LogP contribution in [0.25, 0.3) is 22.3 Å². The Morgan fingerprint density at radius 2 is 2.09 bits per heavy atom. The minimum atomic E-state index is -0.949. The van der Waals surface area contributed by atoms with Crippen molar-refractivity contribution in [2.75, 3.05) is 13.7 Å². The van der Waals surface area contributed by atoms with Gasteiger partial charge in [0, 0.05) is 41.2 Å². The smallest absolute Gasteiger partial charge is 0.336 e. The number of aromatic carboxylic acids is 1. The topological polar surface area (TPSA) is 102 Å². The Kier molecular flexibility index (Phi) is 5.24. The van der Waals surface area contributed by atoms with Gasteiger partial charge in [0.25, 0.3) is 0 Å². The van der Waals surface area contributed by atoms with E-state index in [4.69, 9.17) is 25.8 Å². The van der Waals surface area contributed by atoms with Gasteiger partial charge in [0.1, 0.15) is 5.75 Å². The molecule has 5 rings (SSSR count). The van der Waals surface area contributed by atoms with Crippen LogP contribution in [0.3, 0.4) is 0 Å². The first-order chi connectivity index (χ1) is 15.5. The van der Waals surface area contributed by atoms with Crippen molar-refractivity contribution in [3.05, 3.63) is 70.2 Å². The first kappa shape index (κ1) is 20.4. The second-order valence-corrected chi connectivity index (χ2v) is 7.99. The van der Waals surface area contributed by atoms with Crippen molar-refractivity contribution in [1.29, 1.82) is 0 Å². The van der Waals surface area contributed by atoms with E-state index in [9.17, 15) is 9.90 Å². The Hall–Kier alpha value is -3.49. The number of rotatable bonds is 5. The third-order valence-corrected chi connectivity index (χ3v) is 5.80. The number of aromatic nitrogens is 3. The molecule has 1 N–H and O–H groups in total. The molecule has 0 fully saturated rings. The van der Waals surface area contributed by atoms with Crippen LogP contribution >= 0.6 is 11.6 Å². The van der Waals surface area contributed by atoms with Crippen molar-refractivity contribution in [2.24, 2.45) is 0 Å². The van der Waals surface area contributed by atoms with Crippen LogP contribution in [-0.4, -0.2) is 44.8 Å². The standard InChI is InChI=1S/C23H19ClN4O4/c1-31-19-7-6-13(24)10-15(19)22-26-20(32-27-22)12-28-9-8-18-16(11-28)21(23(29)30)14-4-2-3-5-17(14)25-18/h2-7,10H,8-9,11-12H2,1H3,(H,29,30). The van der Waals surface area contributed by atoms with E-state index in [1.165, 1.54) is 0 Å².